The van der Waals surface area contributed by atoms with Gasteiger partial charge in [-0.3, -0.25) is 9.88 Å². The SMILES string of the molecule is C=CC1CN2CCC1CC2[C@@H](NS(=O)(=O)c1ccc(I)cc1)c1ccnc2ccc(OC)cc12. The summed E-state index contributed by atoms with van der Waals surface area (Å²) in [4.78, 5) is 7.22. The van der Waals surface area contributed by atoms with Gasteiger partial charge >= 0.3 is 0 Å². The molecule has 8 heteroatoms. The fourth-order valence-electron chi connectivity index (χ4n) is 5.47. The Morgan fingerprint density at radius 2 is 2.03 bits per heavy atom. The zero-order valence-electron chi connectivity index (χ0n) is 19.0. The van der Waals surface area contributed by atoms with Crippen molar-refractivity contribution in [2.75, 3.05) is 20.2 Å². The predicted octanol–water partition coefficient (Wildman–Crippen LogP) is 4.76. The summed E-state index contributed by atoms with van der Waals surface area (Å²) < 4.78 is 36.7. The number of methoxy groups -OCH3 is 1. The van der Waals surface area contributed by atoms with E-state index < -0.39 is 16.1 Å². The summed E-state index contributed by atoms with van der Waals surface area (Å²) in [6, 6.07) is 14.3. The van der Waals surface area contributed by atoms with Gasteiger partial charge in [0.1, 0.15) is 5.75 Å². The highest BCUT2D eigenvalue weighted by Crippen LogP contribution is 2.42. The Morgan fingerprint density at radius 3 is 2.71 bits per heavy atom. The fraction of sp³-hybridized carbons (Fsp3) is 0.346. The maximum atomic E-state index is 13.6. The molecule has 6 nitrogen and oxygen atoms in total. The fourth-order valence-corrected chi connectivity index (χ4v) is 7.08. The minimum absolute atomic E-state index is 0.0466. The highest BCUT2D eigenvalue weighted by Gasteiger charge is 2.44. The van der Waals surface area contributed by atoms with E-state index in [1.165, 1.54) is 0 Å². The molecule has 4 heterocycles. The van der Waals surface area contributed by atoms with Crippen molar-refractivity contribution >= 4 is 43.5 Å². The van der Waals surface area contributed by atoms with E-state index in [4.69, 9.17) is 4.74 Å². The minimum atomic E-state index is -3.75. The molecule has 0 amide bonds. The topological polar surface area (TPSA) is 71.5 Å². The van der Waals surface area contributed by atoms with E-state index in [0.29, 0.717) is 11.8 Å². The summed E-state index contributed by atoms with van der Waals surface area (Å²) in [5.74, 6) is 1.69. The summed E-state index contributed by atoms with van der Waals surface area (Å²) in [5, 5.41) is 0.903. The standard InChI is InChI=1S/C26H28IN3O3S/c1-3-17-16-30-13-11-18(17)14-25(30)26(29-34(31,32)21-7-4-19(27)5-8-21)22-10-12-28-24-9-6-20(33-2)15-23(22)24/h3-10,12,15,17-18,25-26,29H,1,11,13-14,16H2,2H3/t17?,18?,25?,26-/m0/s1. The number of hydrogen-bond acceptors (Lipinski definition) is 5. The van der Waals surface area contributed by atoms with Crippen LogP contribution in [0.1, 0.15) is 24.4 Å². The molecule has 0 saturated carbocycles. The van der Waals surface area contributed by atoms with Crippen LogP contribution < -0.4 is 9.46 Å². The number of aromatic nitrogens is 1. The molecule has 34 heavy (non-hydrogen) atoms. The Balaban J connectivity index is 1.61. The van der Waals surface area contributed by atoms with Crippen LogP contribution >= 0.6 is 22.6 Å². The summed E-state index contributed by atoms with van der Waals surface area (Å²) >= 11 is 2.18. The van der Waals surface area contributed by atoms with Gasteiger partial charge in [0.2, 0.25) is 10.0 Å². The van der Waals surface area contributed by atoms with Crippen molar-refractivity contribution in [1.29, 1.82) is 0 Å². The monoisotopic (exact) mass is 589 g/mol. The van der Waals surface area contributed by atoms with Crippen molar-refractivity contribution in [3.8, 4) is 5.75 Å². The maximum Gasteiger partial charge on any atom is 0.241 e. The molecule has 178 valence electrons. The van der Waals surface area contributed by atoms with E-state index >= 15 is 0 Å². The molecule has 3 aliphatic rings. The normalized spacial score (nSPS) is 25.2. The van der Waals surface area contributed by atoms with E-state index in [0.717, 1.165) is 51.7 Å². The van der Waals surface area contributed by atoms with E-state index in [9.17, 15) is 8.42 Å². The van der Waals surface area contributed by atoms with Crippen molar-refractivity contribution in [3.05, 3.63) is 76.5 Å². The van der Waals surface area contributed by atoms with Gasteiger partial charge in [-0.2, -0.15) is 0 Å². The maximum absolute atomic E-state index is 13.6. The molecule has 3 fully saturated rings. The molecule has 1 N–H and O–H groups in total. The third-order valence-electron chi connectivity index (χ3n) is 7.26. The molecule has 6 rings (SSSR count). The van der Waals surface area contributed by atoms with E-state index in [-0.39, 0.29) is 10.9 Å². The second-order valence-corrected chi connectivity index (χ2v) is 12.0. The number of pyridine rings is 1. The highest BCUT2D eigenvalue weighted by atomic mass is 127. The molecule has 0 aliphatic carbocycles. The molecule has 3 aliphatic heterocycles. The Morgan fingerprint density at radius 1 is 1.24 bits per heavy atom. The molecule has 1 aromatic heterocycles. The van der Waals surface area contributed by atoms with Crippen molar-refractivity contribution in [1.82, 2.24) is 14.6 Å². The van der Waals surface area contributed by atoms with Crippen LogP contribution in [0.25, 0.3) is 10.9 Å². The van der Waals surface area contributed by atoms with Gasteiger partial charge in [-0.15, -0.1) is 6.58 Å². The summed E-state index contributed by atoms with van der Waals surface area (Å²) in [6.45, 7) is 5.91. The van der Waals surface area contributed by atoms with Crippen LogP contribution in [0.15, 0.2) is 72.3 Å². The first-order valence-electron chi connectivity index (χ1n) is 11.5. The van der Waals surface area contributed by atoms with Gasteiger partial charge in [0.15, 0.2) is 0 Å². The number of piperidine rings is 3. The van der Waals surface area contributed by atoms with Crippen LogP contribution in [0, 0.1) is 15.4 Å². The second kappa shape index (κ2) is 9.56. The van der Waals surface area contributed by atoms with Crippen LogP contribution in [0.4, 0.5) is 0 Å². The Kier molecular flexibility index (Phi) is 6.67. The Hall–Kier alpha value is -2.01. The molecule has 3 aromatic rings. The molecule has 5 atom stereocenters. The van der Waals surface area contributed by atoms with Gasteiger partial charge in [-0.25, -0.2) is 13.1 Å². The van der Waals surface area contributed by atoms with Crippen molar-refractivity contribution < 1.29 is 13.2 Å². The van der Waals surface area contributed by atoms with Gasteiger partial charge < -0.3 is 4.74 Å². The number of rotatable bonds is 7. The van der Waals surface area contributed by atoms with E-state index in [1.807, 2.05) is 36.4 Å². The van der Waals surface area contributed by atoms with Gasteiger partial charge in [0.25, 0.3) is 0 Å². The second-order valence-electron chi connectivity index (χ2n) is 9.08. The first kappa shape index (κ1) is 23.7. The molecule has 2 bridgehead atoms. The predicted molar refractivity (Wildman–Crippen MR) is 142 cm³/mol. The number of hydrogen-bond donors (Lipinski definition) is 1. The zero-order valence-corrected chi connectivity index (χ0v) is 22.0. The van der Waals surface area contributed by atoms with Crippen LogP contribution in [-0.4, -0.2) is 44.5 Å². The smallest absolute Gasteiger partial charge is 0.241 e. The average Bonchev–Trinajstić information content (AvgIpc) is 2.87. The molecule has 3 saturated heterocycles. The van der Waals surface area contributed by atoms with Gasteiger partial charge in [0, 0.05) is 27.7 Å². The third-order valence-corrected chi connectivity index (χ3v) is 9.44. The number of benzene rings is 2. The molecular formula is C26H28IN3O3S. The lowest BCUT2D eigenvalue weighted by Gasteiger charge is -2.51. The van der Waals surface area contributed by atoms with Crippen LogP contribution in [0.2, 0.25) is 0 Å². The summed E-state index contributed by atoms with van der Waals surface area (Å²) in [7, 11) is -2.11. The lowest BCUT2D eigenvalue weighted by atomic mass is 9.73. The average molecular weight is 589 g/mol. The summed E-state index contributed by atoms with van der Waals surface area (Å²) in [6.07, 6.45) is 5.86. The van der Waals surface area contributed by atoms with Crippen molar-refractivity contribution in [3.63, 3.8) is 0 Å². The summed E-state index contributed by atoms with van der Waals surface area (Å²) in [5.41, 5.74) is 1.74. The zero-order chi connectivity index (χ0) is 23.9. The lowest BCUT2D eigenvalue weighted by molar-refractivity contribution is 0.00490. The molecular weight excluding hydrogens is 561 g/mol. The molecule has 0 radical (unpaired) electrons. The van der Waals surface area contributed by atoms with Gasteiger partial charge in [-0.1, -0.05) is 6.08 Å². The number of nitrogens with one attached hydrogen (secondary N) is 1. The van der Waals surface area contributed by atoms with Gasteiger partial charge in [0.05, 0.1) is 23.6 Å². The first-order valence-corrected chi connectivity index (χ1v) is 14.0. The first-order chi connectivity index (χ1) is 16.4. The van der Waals surface area contributed by atoms with Crippen molar-refractivity contribution in [2.24, 2.45) is 11.8 Å². The molecule has 0 spiro atoms. The van der Waals surface area contributed by atoms with Crippen LogP contribution in [0.3, 0.4) is 0 Å². The Labute approximate surface area is 214 Å². The van der Waals surface area contributed by atoms with Gasteiger partial charge in [-0.05, 0) is 108 Å². The number of halogens is 1. The highest BCUT2D eigenvalue weighted by molar-refractivity contribution is 14.1. The lowest BCUT2D eigenvalue weighted by Crippen LogP contribution is -2.57. The van der Waals surface area contributed by atoms with Crippen molar-refractivity contribution in [2.45, 2.75) is 29.8 Å². The van der Waals surface area contributed by atoms with E-state index in [2.05, 4.69) is 49.9 Å². The molecule has 4 unspecified atom stereocenters. The van der Waals surface area contributed by atoms with Crippen LogP contribution in [-0.2, 0) is 10.0 Å². The number of nitrogens with zero attached hydrogens (tertiary/aromatic N) is 2. The Bertz CT molecular complexity index is 1310. The van der Waals surface area contributed by atoms with Crippen LogP contribution in [0.5, 0.6) is 5.75 Å². The number of ether oxygens (including phenoxy) is 1. The third kappa shape index (κ3) is 4.48. The van der Waals surface area contributed by atoms with E-state index in [1.54, 1.807) is 25.4 Å². The quantitative estimate of drug-likeness (QED) is 0.318. The molecule has 2 aromatic carbocycles. The number of fused-ring (bicyclic) bond motifs is 4. The minimum Gasteiger partial charge on any atom is -0.497 e. The number of sulfonamides is 1. The largest absolute Gasteiger partial charge is 0.497 e.